The van der Waals surface area contributed by atoms with E-state index < -0.39 is 0 Å². The van der Waals surface area contributed by atoms with E-state index in [2.05, 4.69) is 29.5 Å². The maximum atomic E-state index is 5.59. The van der Waals surface area contributed by atoms with Crippen LogP contribution < -0.4 is 0 Å². The van der Waals surface area contributed by atoms with E-state index in [1.807, 2.05) is 0 Å². The lowest BCUT2D eigenvalue weighted by atomic mass is 10.1. The Labute approximate surface area is 305 Å². The third kappa shape index (κ3) is 46.2. The topological polar surface area (TPSA) is 120 Å². The van der Waals surface area contributed by atoms with Crippen molar-refractivity contribution in [1.29, 1.82) is 0 Å². The van der Waals surface area contributed by atoms with Crippen LogP contribution in [0.25, 0.3) is 0 Å². The second-order valence-corrected chi connectivity index (χ2v) is 11.5. The van der Waals surface area contributed by atoms with E-state index in [4.69, 9.17) is 61.6 Å². The molecule has 0 aliphatic heterocycles. The fraction of sp³-hybridized carbons (Fsp3) is 1.00. The van der Waals surface area contributed by atoms with Gasteiger partial charge in [-0.1, -0.05) is 61.6 Å². The summed E-state index contributed by atoms with van der Waals surface area (Å²) in [7, 11) is 0. The van der Waals surface area contributed by atoms with Crippen molar-refractivity contribution in [2.45, 2.75) is 45.4 Å². The van der Waals surface area contributed by atoms with Gasteiger partial charge in [0, 0.05) is 11.0 Å². The van der Waals surface area contributed by atoms with Crippen molar-refractivity contribution >= 4 is 22.6 Å². The predicted octanol–water partition coefficient (Wildman–Crippen LogP) is 4.00. The Hall–Kier alpha value is 0.210. The summed E-state index contributed by atoms with van der Waals surface area (Å²) in [5.74, 6) is 0. The first-order valence-electron chi connectivity index (χ1n) is 18.0. The Morgan fingerprint density at radius 2 is 0.417 bits per heavy atom. The summed E-state index contributed by atoms with van der Waals surface area (Å²) in [4.78, 5) is 0. The van der Waals surface area contributed by atoms with E-state index in [-0.39, 0.29) is 0 Å². The maximum absolute atomic E-state index is 5.59. The summed E-state index contributed by atoms with van der Waals surface area (Å²) < 4.78 is 72.2. The largest absolute Gasteiger partial charge is 0.379 e. The molecular weight excluding hydrogens is 743 g/mol. The van der Waals surface area contributed by atoms with Crippen LogP contribution in [0.3, 0.4) is 0 Å². The quantitative estimate of drug-likeness (QED) is 0.0502. The zero-order valence-electron chi connectivity index (χ0n) is 30.0. The monoisotopic (exact) mass is 812 g/mol. The summed E-state index contributed by atoms with van der Waals surface area (Å²) in [5, 5.41) is 0. The van der Waals surface area contributed by atoms with Crippen molar-refractivity contribution < 1.29 is 61.6 Å². The lowest BCUT2D eigenvalue weighted by Gasteiger charge is -2.09. The van der Waals surface area contributed by atoms with Crippen molar-refractivity contribution in [1.82, 2.24) is 0 Å². The minimum absolute atomic E-state index is 0.517. The van der Waals surface area contributed by atoms with E-state index in [1.165, 1.54) is 32.1 Å². The molecule has 0 unspecified atom stereocenters. The highest BCUT2D eigenvalue weighted by Crippen LogP contribution is 2.04. The van der Waals surface area contributed by atoms with Gasteiger partial charge >= 0.3 is 0 Å². The normalized spacial score (nSPS) is 11.6. The Morgan fingerprint density at radius 1 is 0.229 bits per heavy atom. The van der Waals surface area contributed by atoms with Gasteiger partial charge in [-0.05, 0) is 6.42 Å². The first kappa shape index (κ1) is 48.2. The number of rotatable bonds is 45. The molecule has 0 fully saturated rings. The molecule has 290 valence electrons. The van der Waals surface area contributed by atoms with E-state index in [9.17, 15) is 0 Å². The highest BCUT2D eigenvalue weighted by atomic mass is 127. The van der Waals surface area contributed by atoms with Crippen molar-refractivity contribution in [3.05, 3.63) is 0 Å². The molecule has 0 heterocycles. The molecule has 0 atom stereocenters. The SMILES string of the molecule is CCCCCCCCOCCOCCOCCOCCOCCOCCOCCOCCOCCOCCOCCOCCOCCI. The smallest absolute Gasteiger partial charge is 0.0701 e. The molecule has 0 aliphatic carbocycles. The third-order valence-corrected chi connectivity index (χ3v) is 6.77. The Morgan fingerprint density at radius 3 is 0.646 bits per heavy atom. The van der Waals surface area contributed by atoms with Gasteiger partial charge in [-0.25, -0.2) is 0 Å². The van der Waals surface area contributed by atoms with Gasteiger partial charge in [0.2, 0.25) is 0 Å². The van der Waals surface area contributed by atoms with Crippen molar-refractivity contribution in [2.75, 3.05) is 176 Å². The molecule has 0 aliphatic rings. The minimum Gasteiger partial charge on any atom is -0.379 e. The average molecular weight is 813 g/mol. The summed E-state index contributed by atoms with van der Waals surface area (Å²) >= 11 is 2.28. The van der Waals surface area contributed by atoms with Gasteiger partial charge in [-0.15, -0.1) is 0 Å². The van der Waals surface area contributed by atoms with Crippen LogP contribution in [0.5, 0.6) is 0 Å². The second-order valence-electron chi connectivity index (χ2n) is 10.4. The first-order valence-corrected chi connectivity index (χ1v) is 19.5. The zero-order valence-corrected chi connectivity index (χ0v) is 32.2. The van der Waals surface area contributed by atoms with Crippen LogP contribution in [0.4, 0.5) is 0 Å². The summed E-state index contributed by atoms with van der Waals surface area (Å²) in [5.41, 5.74) is 0. The molecule has 0 amide bonds. The van der Waals surface area contributed by atoms with E-state index in [0.29, 0.717) is 159 Å². The lowest BCUT2D eigenvalue weighted by molar-refractivity contribution is -0.0289. The molecule has 0 aromatic heterocycles. The molecule has 48 heavy (non-hydrogen) atoms. The van der Waals surface area contributed by atoms with Gasteiger partial charge in [0.05, 0.1) is 165 Å². The van der Waals surface area contributed by atoms with Crippen LogP contribution in [0.1, 0.15) is 45.4 Å². The highest BCUT2D eigenvalue weighted by Gasteiger charge is 1.97. The van der Waals surface area contributed by atoms with Gasteiger partial charge in [-0.3, -0.25) is 0 Å². The first-order chi connectivity index (χ1) is 23.9. The molecule has 0 spiro atoms. The highest BCUT2D eigenvalue weighted by molar-refractivity contribution is 14.1. The molecular formula is C34H69IO13. The predicted molar refractivity (Wildman–Crippen MR) is 193 cm³/mol. The number of halogens is 1. The average Bonchev–Trinajstić information content (AvgIpc) is 3.10. The number of alkyl halides is 1. The molecule has 0 bridgehead atoms. The molecule has 0 saturated heterocycles. The van der Waals surface area contributed by atoms with E-state index in [0.717, 1.165) is 24.1 Å². The van der Waals surface area contributed by atoms with Gasteiger partial charge in [0.25, 0.3) is 0 Å². The molecule has 14 heteroatoms. The molecule has 0 radical (unpaired) electrons. The van der Waals surface area contributed by atoms with Crippen LogP contribution >= 0.6 is 22.6 Å². The van der Waals surface area contributed by atoms with Gasteiger partial charge in [0.15, 0.2) is 0 Å². The van der Waals surface area contributed by atoms with Crippen LogP contribution in [0, 0.1) is 0 Å². The Bertz CT molecular complexity index is 509. The van der Waals surface area contributed by atoms with Crippen LogP contribution in [0.15, 0.2) is 0 Å². The van der Waals surface area contributed by atoms with Crippen molar-refractivity contribution in [3.63, 3.8) is 0 Å². The molecule has 0 saturated carbocycles. The van der Waals surface area contributed by atoms with Crippen molar-refractivity contribution in [2.24, 2.45) is 0 Å². The molecule has 0 aromatic rings. The molecule has 0 aromatic carbocycles. The Kier molecular flexibility index (Phi) is 47.4. The maximum Gasteiger partial charge on any atom is 0.0701 e. The fourth-order valence-corrected chi connectivity index (χ4v) is 4.09. The third-order valence-electron chi connectivity index (χ3n) is 6.33. The summed E-state index contributed by atoms with van der Waals surface area (Å²) in [6.07, 6.45) is 7.68. The van der Waals surface area contributed by atoms with Crippen LogP contribution in [-0.2, 0) is 61.6 Å². The number of unbranched alkanes of at least 4 members (excludes halogenated alkanes) is 5. The number of hydrogen-bond donors (Lipinski definition) is 0. The molecule has 0 rings (SSSR count). The van der Waals surface area contributed by atoms with Crippen molar-refractivity contribution in [3.8, 4) is 0 Å². The summed E-state index contributed by atoms with van der Waals surface area (Å²) in [6.45, 7) is 17.0. The molecule has 13 nitrogen and oxygen atoms in total. The number of hydrogen-bond acceptors (Lipinski definition) is 13. The lowest BCUT2D eigenvalue weighted by Crippen LogP contribution is -2.15. The second kappa shape index (κ2) is 47.2. The molecule has 0 N–H and O–H groups in total. The fourth-order valence-electron chi connectivity index (χ4n) is 3.78. The van der Waals surface area contributed by atoms with Crippen LogP contribution in [-0.4, -0.2) is 176 Å². The van der Waals surface area contributed by atoms with Gasteiger partial charge < -0.3 is 61.6 Å². The standard InChI is InChI=1S/C34H69IO13/c1-2-3-4-5-6-7-9-36-11-13-38-15-17-40-19-21-42-23-25-44-27-29-46-31-33-48-34-32-47-30-28-45-26-24-43-22-20-41-18-16-39-14-12-37-10-8-35/h2-34H2,1H3. The van der Waals surface area contributed by atoms with E-state index >= 15 is 0 Å². The minimum atomic E-state index is 0.517. The number of ether oxygens (including phenoxy) is 13. The zero-order chi connectivity index (χ0) is 34.5. The van der Waals surface area contributed by atoms with Gasteiger partial charge in [0.1, 0.15) is 0 Å². The van der Waals surface area contributed by atoms with Crippen LogP contribution in [0.2, 0.25) is 0 Å². The Balaban J connectivity index is 3.04. The van der Waals surface area contributed by atoms with E-state index in [1.54, 1.807) is 0 Å². The summed E-state index contributed by atoms with van der Waals surface area (Å²) in [6, 6.07) is 0. The van der Waals surface area contributed by atoms with Gasteiger partial charge in [-0.2, -0.15) is 0 Å².